The highest BCUT2D eigenvalue weighted by Crippen LogP contribution is 2.28. The highest BCUT2D eigenvalue weighted by molar-refractivity contribution is 5.43. The number of hydrogen-bond acceptors (Lipinski definition) is 2. The highest BCUT2D eigenvalue weighted by Gasteiger charge is 2.05. The average molecular weight is 236 g/mol. The second-order valence-electron chi connectivity index (χ2n) is 4.28. The first kappa shape index (κ1) is 13.6. The molecule has 17 heavy (non-hydrogen) atoms. The molecule has 0 radical (unpaired) electrons. The van der Waals surface area contributed by atoms with Gasteiger partial charge in [0.1, 0.15) is 13.2 Å². The summed E-state index contributed by atoms with van der Waals surface area (Å²) < 4.78 is 11.0. The molecule has 1 rings (SSSR count). The van der Waals surface area contributed by atoms with Gasteiger partial charge in [0, 0.05) is 0 Å². The fourth-order valence-electron chi connectivity index (χ4n) is 1.49. The molecule has 0 saturated heterocycles. The summed E-state index contributed by atoms with van der Waals surface area (Å²) in [5.41, 5.74) is 1.18. The lowest BCUT2D eigenvalue weighted by Gasteiger charge is -2.13. The first-order valence-electron chi connectivity index (χ1n) is 5.87. The number of hydrogen-bond donors (Lipinski definition) is 1. The molecule has 1 aromatic rings. The molecule has 0 bridgehead atoms. The van der Waals surface area contributed by atoms with Crippen LogP contribution in [0.25, 0.3) is 0 Å². The molecule has 0 spiro atoms. The number of rotatable bonds is 7. The molecule has 0 unspecified atom stereocenters. The van der Waals surface area contributed by atoms with Crippen molar-refractivity contribution in [2.24, 2.45) is 0 Å². The fraction of sp³-hybridized carbons (Fsp3) is 0.429. The molecular weight excluding hydrogens is 214 g/mol. The zero-order chi connectivity index (χ0) is 12.7. The standard InChI is InChI=1S/C14H21NO2/c1-5-6-12-7-8-13(14(11-12)16-4)17-10-9-15(2)3/h5,7-8,11H,1,6,9-10H2,2-4H3/p+1. The number of quaternary nitrogens is 1. The summed E-state index contributed by atoms with van der Waals surface area (Å²) in [6.07, 6.45) is 2.73. The topological polar surface area (TPSA) is 22.9 Å². The van der Waals surface area contributed by atoms with Crippen LogP contribution in [0.15, 0.2) is 30.9 Å². The number of ether oxygens (including phenoxy) is 2. The van der Waals surface area contributed by atoms with Gasteiger partial charge >= 0.3 is 0 Å². The monoisotopic (exact) mass is 236 g/mol. The predicted octanol–water partition coefficient (Wildman–Crippen LogP) is 0.947. The third kappa shape index (κ3) is 4.49. The third-order valence-corrected chi connectivity index (χ3v) is 2.47. The van der Waals surface area contributed by atoms with E-state index in [1.165, 1.54) is 10.5 Å². The van der Waals surface area contributed by atoms with Gasteiger partial charge in [0.25, 0.3) is 0 Å². The SMILES string of the molecule is C=CCc1ccc(OCC[NH+](C)C)c(OC)c1. The third-order valence-electron chi connectivity index (χ3n) is 2.47. The van der Waals surface area contributed by atoms with Gasteiger partial charge in [-0.3, -0.25) is 0 Å². The van der Waals surface area contributed by atoms with Crippen LogP contribution in [-0.4, -0.2) is 34.4 Å². The molecule has 0 aliphatic carbocycles. The first-order chi connectivity index (χ1) is 8.17. The number of nitrogens with one attached hydrogen (secondary N) is 1. The van der Waals surface area contributed by atoms with Crippen LogP contribution in [0.5, 0.6) is 11.5 Å². The minimum Gasteiger partial charge on any atom is -0.493 e. The molecule has 1 N–H and O–H groups in total. The van der Waals surface area contributed by atoms with Gasteiger partial charge in [-0.05, 0) is 24.1 Å². The second-order valence-corrected chi connectivity index (χ2v) is 4.28. The van der Waals surface area contributed by atoms with Crippen LogP contribution in [0.3, 0.4) is 0 Å². The molecule has 0 amide bonds. The van der Waals surface area contributed by atoms with Crippen molar-refractivity contribution in [1.82, 2.24) is 0 Å². The summed E-state index contributed by atoms with van der Waals surface area (Å²) in [5.74, 6) is 1.60. The Morgan fingerprint density at radius 2 is 2.06 bits per heavy atom. The van der Waals surface area contributed by atoms with Crippen LogP contribution in [-0.2, 0) is 6.42 Å². The zero-order valence-corrected chi connectivity index (χ0v) is 11.0. The zero-order valence-electron chi connectivity index (χ0n) is 11.0. The summed E-state index contributed by atoms with van der Waals surface area (Å²) in [6.45, 7) is 5.39. The maximum atomic E-state index is 5.70. The molecule has 0 saturated carbocycles. The Kier molecular flexibility index (Phi) is 5.57. The summed E-state index contributed by atoms with van der Waals surface area (Å²) in [5, 5.41) is 0. The maximum Gasteiger partial charge on any atom is 0.161 e. The van der Waals surface area contributed by atoms with Crippen LogP contribution >= 0.6 is 0 Å². The van der Waals surface area contributed by atoms with Gasteiger partial charge < -0.3 is 14.4 Å². The lowest BCUT2D eigenvalue weighted by Crippen LogP contribution is -3.06. The summed E-state index contributed by atoms with van der Waals surface area (Å²) >= 11 is 0. The van der Waals surface area contributed by atoms with Gasteiger partial charge in [0.2, 0.25) is 0 Å². The van der Waals surface area contributed by atoms with Crippen molar-refractivity contribution in [2.75, 3.05) is 34.4 Å². The Morgan fingerprint density at radius 1 is 1.29 bits per heavy atom. The lowest BCUT2D eigenvalue weighted by atomic mass is 10.1. The van der Waals surface area contributed by atoms with Crippen molar-refractivity contribution in [3.05, 3.63) is 36.4 Å². The largest absolute Gasteiger partial charge is 0.493 e. The molecule has 1 aromatic carbocycles. The molecule has 0 aliphatic heterocycles. The molecule has 0 fully saturated rings. The molecule has 3 heteroatoms. The van der Waals surface area contributed by atoms with Crippen LogP contribution in [0, 0.1) is 0 Å². The van der Waals surface area contributed by atoms with Gasteiger partial charge in [-0.15, -0.1) is 6.58 Å². The van der Waals surface area contributed by atoms with Gasteiger partial charge in [0.05, 0.1) is 21.2 Å². The Labute approximate surface area is 104 Å². The van der Waals surface area contributed by atoms with Crippen LogP contribution < -0.4 is 14.4 Å². The fourth-order valence-corrected chi connectivity index (χ4v) is 1.49. The van der Waals surface area contributed by atoms with Gasteiger partial charge in [0.15, 0.2) is 11.5 Å². The van der Waals surface area contributed by atoms with E-state index in [0.29, 0.717) is 6.61 Å². The quantitative estimate of drug-likeness (QED) is 0.712. The smallest absolute Gasteiger partial charge is 0.161 e. The molecule has 0 atom stereocenters. The highest BCUT2D eigenvalue weighted by atomic mass is 16.5. The first-order valence-corrected chi connectivity index (χ1v) is 5.87. The summed E-state index contributed by atoms with van der Waals surface area (Å²) in [6, 6.07) is 6.00. The van der Waals surface area contributed by atoms with Crippen LogP contribution in [0.4, 0.5) is 0 Å². The van der Waals surface area contributed by atoms with Gasteiger partial charge in [-0.1, -0.05) is 12.1 Å². The van der Waals surface area contributed by atoms with E-state index in [2.05, 4.69) is 20.7 Å². The Bertz CT molecular complexity index is 361. The molecular formula is C14H22NO2+. The lowest BCUT2D eigenvalue weighted by molar-refractivity contribution is -0.858. The van der Waals surface area contributed by atoms with E-state index >= 15 is 0 Å². The average Bonchev–Trinajstić information content (AvgIpc) is 2.30. The summed E-state index contributed by atoms with van der Waals surface area (Å²) in [7, 11) is 5.87. The number of allylic oxidation sites excluding steroid dienone is 1. The normalized spacial score (nSPS) is 10.4. The molecule has 0 aliphatic rings. The summed E-state index contributed by atoms with van der Waals surface area (Å²) in [4.78, 5) is 1.37. The second kappa shape index (κ2) is 6.97. The number of benzene rings is 1. The molecule has 0 heterocycles. The van der Waals surface area contributed by atoms with E-state index in [0.717, 1.165) is 24.5 Å². The Hall–Kier alpha value is -1.48. The number of likely N-dealkylation sites (N-methyl/N-ethyl adjacent to an activating group) is 1. The molecule has 3 nitrogen and oxygen atoms in total. The molecule has 94 valence electrons. The Balaban J connectivity index is 2.67. The van der Waals surface area contributed by atoms with Crippen molar-refractivity contribution in [3.63, 3.8) is 0 Å². The Morgan fingerprint density at radius 3 is 2.65 bits per heavy atom. The van der Waals surface area contributed by atoms with Crippen molar-refractivity contribution in [3.8, 4) is 11.5 Å². The van der Waals surface area contributed by atoms with Crippen molar-refractivity contribution in [1.29, 1.82) is 0 Å². The van der Waals surface area contributed by atoms with E-state index in [9.17, 15) is 0 Å². The molecule has 0 aromatic heterocycles. The minimum absolute atomic E-state index is 0.694. The van der Waals surface area contributed by atoms with E-state index in [1.807, 2.05) is 24.3 Å². The maximum absolute atomic E-state index is 5.70. The van der Waals surface area contributed by atoms with Crippen molar-refractivity contribution < 1.29 is 14.4 Å². The van der Waals surface area contributed by atoms with Crippen LogP contribution in [0.1, 0.15) is 5.56 Å². The van der Waals surface area contributed by atoms with Crippen molar-refractivity contribution >= 4 is 0 Å². The number of methoxy groups -OCH3 is 1. The predicted molar refractivity (Wildman–Crippen MR) is 70.1 cm³/mol. The van der Waals surface area contributed by atoms with E-state index in [1.54, 1.807) is 7.11 Å². The van der Waals surface area contributed by atoms with Gasteiger partial charge in [-0.25, -0.2) is 0 Å². The van der Waals surface area contributed by atoms with Crippen LogP contribution in [0.2, 0.25) is 0 Å². The van der Waals surface area contributed by atoms with E-state index in [-0.39, 0.29) is 0 Å². The van der Waals surface area contributed by atoms with E-state index < -0.39 is 0 Å². The van der Waals surface area contributed by atoms with Gasteiger partial charge in [-0.2, -0.15) is 0 Å². The van der Waals surface area contributed by atoms with Crippen molar-refractivity contribution in [2.45, 2.75) is 6.42 Å². The minimum atomic E-state index is 0.694. The van der Waals surface area contributed by atoms with E-state index in [4.69, 9.17) is 9.47 Å².